The van der Waals surface area contributed by atoms with Gasteiger partial charge >= 0.3 is 0 Å². The Labute approximate surface area is 204 Å². The zero-order chi connectivity index (χ0) is 24.8. The third-order valence-corrected chi connectivity index (χ3v) is 5.55. The molecule has 4 aromatic rings. The monoisotopic (exact) mass is 465 g/mol. The lowest BCUT2D eigenvalue weighted by molar-refractivity contribution is 0.101. The van der Waals surface area contributed by atoms with Gasteiger partial charge in [-0.1, -0.05) is 38.1 Å². The molecule has 0 bridgehead atoms. The molecule has 3 N–H and O–H groups in total. The largest absolute Gasteiger partial charge is 0.386 e. The van der Waals surface area contributed by atoms with Crippen molar-refractivity contribution in [3.63, 3.8) is 0 Å². The Morgan fingerprint density at radius 1 is 1.00 bits per heavy atom. The third kappa shape index (κ3) is 5.92. The highest BCUT2D eigenvalue weighted by Crippen LogP contribution is 2.21. The van der Waals surface area contributed by atoms with Crippen molar-refractivity contribution in [2.45, 2.75) is 33.2 Å². The number of rotatable bonds is 9. The summed E-state index contributed by atoms with van der Waals surface area (Å²) in [6.45, 7) is 6.33. The van der Waals surface area contributed by atoms with Crippen LogP contribution in [0.3, 0.4) is 0 Å². The van der Waals surface area contributed by atoms with Crippen LogP contribution in [0.5, 0.6) is 0 Å². The molecule has 176 valence electrons. The predicted octanol–water partition coefficient (Wildman–Crippen LogP) is 5.27. The summed E-state index contributed by atoms with van der Waals surface area (Å²) in [4.78, 5) is 20.6. The second-order valence-corrected chi connectivity index (χ2v) is 8.49. The van der Waals surface area contributed by atoms with E-state index in [2.05, 4.69) is 44.6 Å². The lowest BCUT2D eigenvalue weighted by atomic mass is 10.1. The smallest absolute Gasteiger partial charge is 0.159 e. The van der Waals surface area contributed by atoms with Crippen molar-refractivity contribution in [2.75, 3.05) is 5.32 Å². The fourth-order valence-corrected chi connectivity index (χ4v) is 3.47. The van der Waals surface area contributed by atoms with E-state index >= 15 is 0 Å². The quantitative estimate of drug-likeness (QED) is 0.228. The first-order chi connectivity index (χ1) is 16.9. The van der Waals surface area contributed by atoms with Crippen molar-refractivity contribution in [3.8, 4) is 0 Å². The van der Waals surface area contributed by atoms with Crippen molar-refractivity contribution in [2.24, 2.45) is 0 Å². The number of anilines is 2. The van der Waals surface area contributed by atoms with Crippen LogP contribution < -0.4 is 10.6 Å². The van der Waals surface area contributed by atoms with Gasteiger partial charge in [-0.15, -0.1) is 5.10 Å². The normalized spacial score (nSPS) is 11.5. The molecule has 3 aromatic heterocycles. The van der Waals surface area contributed by atoms with Crippen molar-refractivity contribution >= 4 is 40.2 Å². The Hall–Kier alpha value is -4.46. The molecule has 0 saturated carbocycles. The molecule has 0 aliphatic heterocycles. The summed E-state index contributed by atoms with van der Waals surface area (Å²) >= 11 is 0. The molecule has 35 heavy (non-hydrogen) atoms. The number of aromatic nitrogens is 4. The Bertz CT molecular complexity index is 1390. The van der Waals surface area contributed by atoms with E-state index in [1.165, 1.54) is 6.21 Å². The number of benzene rings is 1. The summed E-state index contributed by atoms with van der Waals surface area (Å²) in [6, 6.07) is 15.1. The third-order valence-electron chi connectivity index (χ3n) is 5.55. The summed E-state index contributed by atoms with van der Waals surface area (Å²) < 4.78 is 0. The molecule has 0 aliphatic carbocycles. The standard InChI is InChI=1S/C27H27N7O/c1-17(2)21-11-27(34-31-16-21)33-26-9-8-24-25(32-26)10-22(15-30-24)23(12-28)14-29-13-19-4-6-20(7-5-19)18(3)35/h4-12,14-17,28-29H,13H2,1-3H3,(H,32,33,34)/b23-14+,28-12?. The van der Waals surface area contributed by atoms with E-state index < -0.39 is 0 Å². The van der Waals surface area contributed by atoms with Crippen LogP contribution in [0.4, 0.5) is 11.6 Å². The van der Waals surface area contributed by atoms with Crippen LogP contribution >= 0.6 is 0 Å². The van der Waals surface area contributed by atoms with Crippen LogP contribution in [0.15, 0.2) is 67.1 Å². The van der Waals surface area contributed by atoms with Gasteiger partial charge in [0.05, 0.1) is 17.2 Å². The van der Waals surface area contributed by atoms with Gasteiger partial charge in [-0.05, 0) is 48.2 Å². The number of Topliss-reactive ketones (excluding diaryl/α,β-unsaturated/α-hetero) is 1. The molecule has 4 rings (SSSR count). The number of fused-ring (bicyclic) bond motifs is 1. The van der Waals surface area contributed by atoms with Gasteiger partial charge in [-0.3, -0.25) is 9.78 Å². The molecular formula is C27H27N7O. The maximum absolute atomic E-state index is 11.4. The van der Waals surface area contributed by atoms with E-state index in [1.54, 1.807) is 25.5 Å². The van der Waals surface area contributed by atoms with E-state index in [4.69, 9.17) is 5.41 Å². The number of carbonyl (C=O) groups excluding carboxylic acids is 1. The molecule has 0 fully saturated rings. The molecule has 0 spiro atoms. The lowest BCUT2D eigenvalue weighted by Crippen LogP contribution is -2.07. The van der Waals surface area contributed by atoms with E-state index in [9.17, 15) is 4.79 Å². The molecule has 0 aliphatic rings. The molecule has 1 aromatic carbocycles. The molecule has 0 atom stereocenters. The summed E-state index contributed by atoms with van der Waals surface area (Å²) in [6.07, 6.45) is 6.56. The molecular weight excluding hydrogens is 438 g/mol. The fourth-order valence-electron chi connectivity index (χ4n) is 3.47. The zero-order valence-corrected chi connectivity index (χ0v) is 19.9. The van der Waals surface area contributed by atoms with E-state index in [0.717, 1.165) is 22.2 Å². The zero-order valence-electron chi connectivity index (χ0n) is 19.9. The Morgan fingerprint density at radius 3 is 2.51 bits per heavy atom. The van der Waals surface area contributed by atoms with Gasteiger partial charge in [0.2, 0.25) is 0 Å². The first-order valence-corrected chi connectivity index (χ1v) is 11.3. The number of hydrogen-bond donors (Lipinski definition) is 3. The van der Waals surface area contributed by atoms with Gasteiger partial charge in [-0.2, -0.15) is 5.10 Å². The minimum absolute atomic E-state index is 0.0447. The Morgan fingerprint density at radius 2 is 1.80 bits per heavy atom. The number of pyridine rings is 2. The summed E-state index contributed by atoms with van der Waals surface area (Å²) in [5.74, 6) is 1.66. The van der Waals surface area contributed by atoms with E-state index in [0.29, 0.717) is 40.8 Å². The van der Waals surface area contributed by atoms with Crippen LogP contribution in [0.1, 0.15) is 53.7 Å². The van der Waals surface area contributed by atoms with Crippen molar-refractivity contribution in [3.05, 3.63) is 89.4 Å². The first-order valence-electron chi connectivity index (χ1n) is 11.3. The van der Waals surface area contributed by atoms with E-state index in [1.807, 2.05) is 48.5 Å². The van der Waals surface area contributed by atoms with Crippen LogP contribution in [-0.4, -0.2) is 32.2 Å². The Balaban J connectivity index is 1.51. The van der Waals surface area contributed by atoms with Gasteiger partial charge in [0.15, 0.2) is 11.6 Å². The van der Waals surface area contributed by atoms with Gasteiger partial charge in [0, 0.05) is 41.9 Å². The molecule has 0 radical (unpaired) electrons. The lowest BCUT2D eigenvalue weighted by Gasteiger charge is -2.09. The number of hydrogen-bond acceptors (Lipinski definition) is 8. The second kappa shape index (κ2) is 10.6. The van der Waals surface area contributed by atoms with Crippen molar-refractivity contribution in [1.82, 2.24) is 25.5 Å². The Kier molecular flexibility index (Phi) is 7.21. The molecule has 8 heteroatoms. The van der Waals surface area contributed by atoms with Gasteiger partial charge < -0.3 is 16.0 Å². The van der Waals surface area contributed by atoms with Crippen molar-refractivity contribution in [1.29, 1.82) is 5.41 Å². The summed E-state index contributed by atoms with van der Waals surface area (Å²) in [7, 11) is 0. The highest BCUT2D eigenvalue weighted by molar-refractivity contribution is 6.08. The predicted molar refractivity (Wildman–Crippen MR) is 139 cm³/mol. The topological polar surface area (TPSA) is 117 Å². The molecule has 0 saturated heterocycles. The van der Waals surface area contributed by atoms with Gasteiger partial charge in [0.1, 0.15) is 5.82 Å². The average Bonchev–Trinajstić information content (AvgIpc) is 2.86. The van der Waals surface area contributed by atoms with Crippen LogP contribution in [0, 0.1) is 5.41 Å². The molecule has 0 unspecified atom stereocenters. The number of nitrogens with one attached hydrogen (secondary N) is 3. The molecule has 0 amide bonds. The van der Waals surface area contributed by atoms with Gasteiger partial charge in [0.25, 0.3) is 0 Å². The van der Waals surface area contributed by atoms with Gasteiger partial charge in [-0.25, -0.2) is 4.98 Å². The minimum atomic E-state index is 0.0447. The number of carbonyl (C=O) groups is 1. The highest BCUT2D eigenvalue weighted by atomic mass is 16.1. The number of allylic oxidation sites excluding steroid dienone is 1. The maximum Gasteiger partial charge on any atom is 0.159 e. The minimum Gasteiger partial charge on any atom is -0.386 e. The highest BCUT2D eigenvalue weighted by Gasteiger charge is 2.07. The summed E-state index contributed by atoms with van der Waals surface area (Å²) in [5.41, 5.74) is 5.73. The number of nitrogens with zero attached hydrogens (tertiary/aromatic N) is 4. The van der Waals surface area contributed by atoms with Crippen molar-refractivity contribution < 1.29 is 4.79 Å². The van der Waals surface area contributed by atoms with Crippen LogP contribution in [-0.2, 0) is 6.54 Å². The number of ketones is 1. The van der Waals surface area contributed by atoms with Crippen LogP contribution in [0.2, 0.25) is 0 Å². The molecule has 8 nitrogen and oxygen atoms in total. The maximum atomic E-state index is 11.4. The average molecular weight is 466 g/mol. The molecule has 3 heterocycles. The summed E-state index contributed by atoms with van der Waals surface area (Å²) in [5, 5.41) is 22.5. The second-order valence-electron chi connectivity index (χ2n) is 8.49. The van der Waals surface area contributed by atoms with Crippen LogP contribution in [0.25, 0.3) is 16.6 Å². The fraction of sp³-hybridized carbons (Fsp3) is 0.185. The van der Waals surface area contributed by atoms with E-state index in [-0.39, 0.29) is 5.78 Å². The SMILES string of the molecule is CC(=O)c1ccc(CN/C=C(\C=N)c2cnc3ccc(Nc4cc(C(C)C)cnn4)nc3c2)cc1. The first kappa shape index (κ1) is 23.7.